The van der Waals surface area contributed by atoms with Gasteiger partial charge in [-0.25, -0.2) is 0 Å². The van der Waals surface area contributed by atoms with E-state index in [0.29, 0.717) is 5.92 Å². The third-order valence-electron chi connectivity index (χ3n) is 5.69. The Morgan fingerprint density at radius 2 is 1.97 bits per heavy atom. The normalized spacial score (nSPS) is 21.7. The number of likely N-dealkylation sites (tertiary alicyclic amines) is 1. The first-order valence-electron chi connectivity index (χ1n) is 10.6. The van der Waals surface area contributed by atoms with Crippen LogP contribution in [-0.2, 0) is 9.47 Å². The maximum Gasteiger partial charge on any atom is 0.193 e. The van der Waals surface area contributed by atoms with E-state index in [1.54, 1.807) is 7.11 Å². The van der Waals surface area contributed by atoms with Crippen molar-refractivity contribution in [3.63, 3.8) is 0 Å². The van der Waals surface area contributed by atoms with Gasteiger partial charge in [0.15, 0.2) is 5.96 Å². The van der Waals surface area contributed by atoms with E-state index >= 15 is 0 Å². The second kappa shape index (κ2) is 12.7. The summed E-state index contributed by atoms with van der Waals surface area (Å²) in [7, 11) is 1.79. The van der Waals surface area contributed by atoms with Crippen molar-refractivity contribution in [2.45, 2.75) is 26.3 Å². The quantitative estimate of drug-likeness (QED) is 0.343. The lowest BCUT2D eigenvalue weighted by atomic mass is 10.0. The molecule has 2 heterocycles. The van der Waals surface area contributed by atoms with E-state index in [4.69, 9.17) is 14.5 Å². The summed E-state index contributed by atoms with van der Waals surface area (Å²) in [6.45, 7) is 12.3. The fourth-order valence-electron chi connectivity index (χ4n) is 4.10. The Bertz CT molecular complexity index is 620. The van der Waals surface area contributed by atoms with E-state index in [0.717, 1.165) is 65.0 Å². The fraction of sp³-hybridized carbons (Fsp3) is 0.682. The largest absolute Gasteiger partial charge is 0.384 e. The summed E-state index contributed by atoms with van der Waals surface area (Å²) >= 11 is 0. The molecule has 0 aliphatic carbocycles. The first-order chi connectivity index (χ1) is 13.7. The molecule has 0 saturated carbocycles. The Morgan fingerprint density at radius 3 is 2.62 bits per heavy atom. The lowest BCUT2D eigenvalue weighted by molar-refractivity contribution is 0.0179. The van der Waals surface area contributed by atoms with Gasteiger partial charge in [0.05, 0.1) is 32.4 Å². The first kappa shape index (κ1) is 24.4. The van der Waals surface area contributed by atoms with Crippen LogP contribution in [0.4, 0.5) is 0 Å². The summed E-state index contributed by atoms with van der Waals surface area (Å²) in [4.78, 5) is 9.97. The Balaban J connectivity index is 0.00000300. The van der Waals surface area contributed by atoms with Gasteiger partial charge in [-0.1, -0.05) is 29.8 Å². The number of nitrogens with one attached hydrogen (secondary N) is 1. The third kappa shape index (κ3) is 7.08. The number of guanidine groups is 1. The van der Waals surface area contributed by atoms with Gasteiger partial charge in [0.1, 0.15) is 0 Å². The van der Waals surface area contributed by atoms with Gasteiger partial charge in [-0.2, -0.15) is 0 Å². The molecule has 1 aromatic carbocycles. The molecule has 7 heteroatoms. The predicted octanol–water partition coefficient (Wildman–Crippen LogP) is 2.92. The van der Waals surface area contributed by atoms with E-state index in [1.807, 2.05) is 0 Å². The zero-order valence-corrected chi connectivity index (χ0v) is 20.4. The topological polar surface area (TPSA) is 49.3 Å². The van der Waals surface area contributed by atoms with Crippen molar-refractivity contribution >= 4 is 29.9 Å². The standard InChI is InChI=1S/C22H36N4O2.HI/c1-4-23-22(26-10-9-19(16-26)17-27-3)24-15-21(25-11-13-28-14-12-25)20-7-5-18(2)6-8-20;/h5-8,19,21H,4,9-17H2,1-3H3,(H,23,24);1H. The van der Waals surface area contributed by atoms with Gasteiger partial charge in [0.2, 0.25) is 0 Å². The third-order valence-corrected chi connectivity index (χ3v) is 5.69. The van der Waals surface area contributed by atoms with E-state index in [1.165, 1.54) is 17.5 Å². The number of rotatable bonds is 7. The van der Waals surface area contributed by atoms with Crippen molar-refractivity contribution in [3.05, 3.63) is 35.4 Å². The molecule has 0 bridgehead atoms. The molecule has 164 valence electrons. The number of benzene rings is 1. The van der Waals surface area contributed by atoms with Crippen LogP contribution >= 0.6 is 24.0 Å². The minimum atomic E-state index is 0. The van der Waals surface area contributed by atoms with Crippen LogP contribution in [0.5, 0.6) is 0 Å². The zero-order chi connectivity index (χ0) is 19.8. The molecule has 2 atom stereocenters. The summed E-state index contributed by atoms with van der Waals surface area (Å²) in [5.41, 5.74) is 2.63. The number of hydrogen-bond acceptors (Lipinski definition) is 4. The summed E-state index contributed by atoms with van der Waals surface area (Å²) < 4.78 is 10.9. The molecule has 2 fully saturated rings. The minimum absolute atomic E-state index is 0. The minimum Gasteiger partial charge on any atom is -0.384 e. The number of ether oxygens (including phenoxy) is 2. The second-order valence-electron chi connectivity index (χ2n) is 7.83. The molecule has 2 saturated heterocycles. The van der Waals surface area contributed by atoms with Crippen molar-refractivity contribution < 1.29 is 9.47 Å². The Labute approximate surface area is 193 Å². The van der Waals surface area contributed by atoms with Crippen molar-refractivity contribution in [3.8, 4) is 0 Å². The summed E-state index contributed by atoms with van der Waals surface area (Å²) in [6.07, 6.45) is 1.17. The molecule has 1 aromatic rings. The van der Waals surface area contributed by atoms with Crippen molar-refractivity contribution in [2.75, 3.05) is 66.2 Å². The average Bonchev–Trinajstić information content (AvgIpc) is 3.18. The van der Waals surface area contributed by atoms with Crippen molar-refractivity contribution in [1.82, 2.24) is 15.1 Å². The lowest BCUT2D eigenvalue weighted by Gasteiger charge is -2.34. The maximum absolute atomic E-state index is 5.58. The molecule has 2 aliphatic heterocycles. The highest BCUT2D eigenvalue weighted by Gasteiger charge is 2.26. The number of hydrogen-bond donors (Lipinski definition) is 1. The van der Waals surface area contributed by atoms with E-state index < -0.39 is 0 Å². The van der Waals surface area contributed by atoms with Crippen LogP contribution in [0.15, 0.2) is 29.3 Å². The van der Waals surface area contributed by atoms with Crippen LogP contribution in [0.2, 0.25) is 0 Å². The van der Waals surface area contributed by atoms with Crippen LogP contribution < -0.4 is 5.32 Å². The van der Waals surface area contributed by atoms with E-state index in [-0.39, 0.29) is 30.0 Å². The highest BCUT2D eigenvalue weighted by atomic mass is 127. The van der Waals surface area contributed by atoms with Crippen LogP contribution in [0.3, 0.4) is 0 Å². The highest BCUT2D eigenvalue weighted by Crippen LogP contribution is 2.23. The number of aryl methyl sites for hydroxylation is 1. The molecule has 2 aliphatic rings. The van der Waals surface area contributed by atoms with Gasteiger partial charge >= 0.3 is 0 Å². The molecule has 2 unspecified atom stereocenters. The van der Waals surface area contributed by atoms with Crippen LogP contribution in [0.1, 0.15) is 30.5 Å². The SMILES string of the molecule is CCNC(=NCC(c1ccc(C)cc1)N1CCOCC1)N1CCC(COC)C1.I. The second-order valence-corrected chi connectivity index (χ2v) is 7.83. The summed E-state index contributed by atoms with van der Waals surface area (Å²) in [5, 5.41) is 3.50. The van der Waals surface area contributed by atoms with E-state index in [9.17, 15) is 0 Å². The Morgan fingerprint density at radius 1 is 1.24 bits per heavy atom. The number of morpholine rings is 1. The van der Waals surface area contributed by atoms with Crippen molar-refractivity contribution in [2.24, 2.45) is 10.9 Å². The van der Waals surface area contributed by atoms with Gasteiger partial charge in [-0.15, -0.1) is 24.0 Å². The van der Waals surface area contributed by atoms with Gasteiger partial charge < -0.3 is 19.7 Å². The number of aliphatic imine (C=N–C) groups is 1. The zero-order valence-electron chi connectivity index (χ0n) is 18.1. The molecule has 6 nitrogen and oxygen atoms in total. The highest BCUT2D eigenvalue weighted by molar-refractivity contribution is 14.0. The first-order valence-corrected chi connectivity index (χ1v) is 10.6. The van der Waals surface area contributed by atoms with Crippen LogP contribution in [0, 0.1) is 12.8 Å². The monoisotopic (exact) mass is 516 g/mol. The Kier molecular flexibility index (Phi) is 10.7. The molecular formula is C22H37IN4O2. The number of methoxy groups -OCH3 is 1. The fourth-order valence-corrected chi connectivity index (χ4v) is 4.10. The van der Waals surface area contributed by atoms with Gasteiger partial charge in [0, 0.05) is 45.8 Å². The predicted molar refractivity (Wildman–Crippen MR) is 129 cm³/mol. The average molecular weight is 516 g/mol. The molecule has 3 rings (SSSR count). The molecule has 0 amide bonds. The summed E-state index contributed by atoms with van der Waals surface area (Å²) in [6, 6.07) is 9.20. The number of nitrogens with zero attached hydrogens (tertiary/aromatic N) is 3. The van der Waals surface area contributed by atoms with Gasteiger partial charge in [-0.05, 0) is 25.8 Å². The molecule has 0 radical (unpaired) electrons. The molecule has 29 heavy (non-hydrogen) atoms. The van der Waals surface area contributed by atoms with Crippen LogP contribution in [0.25, 0.3) is 0 Å². The molecular weight excluding hydrogens is 479 g/mol. The Hall–Kier alpha value is -0.900. The number of halogens is 1. The van der Waals surface area contributed by atoms with Crippen molar-refractivity contribution in [1.29, 1.82) is 0 Å². The van der Waals surface area contributed by atoms with Crippen LogP contribution in [-0.4, -0.2) is 82.0 Å². The maximum atomic E-state index is 5.58. The summed E-state index contributed by atoms with van der Waals surface area (Å²) in [5.74, 6) is 1.63. The lowest BCUT2D eigenvalue weighted by Crippen LogP contribution is -2.43. The molecule has 1 N–H and O–H groups in total. The van der Waals surface area contributed by atoms with Gasteiger partial charge in [-0.3, -0.25) is 9.89 Å². The van der Waals surface area contributed by atoms with E-state index in [2.05, 4.69) is 53.2 Å². The van der Waals surface area contributed by atoms with Gasteiger partial charge in [0.25, 0.3) is 0 Å². The molecule has 0 spiro atoms. The smallest absolute Gasteiger partial charge is 0.193 e. The molecule has 0 aromatic heterocycles.